The van der Waals surface area contributed by atoms with Crippen LogP contribution in [0.25, 0.3) is 11.1 Å². The maximum absolute atomic E-state index is 14.7. The Labute approximate surface area is 256 Å². The number of furan rings is 1. The van der Waals surface area contributed by atoms with Crippen molar-refractivity contribution >= 4 is 40.2 Å². The number of nitrogens with zero attached hydrogens (tertiary/aromatic N) is 4. The van der Waals surface area contributed by atoms with Crippen molar-refractivity contribution < 1.29 is 31.6 Å². The minimum absolute atomic E-state index is 0.00588. The Balaban J connectivity index is 1.09. The van der Waals surface area contributed by atoms with E-state index >= 15 is 0 Å². The summed E-state index contributed by atoms with van der Waals surface area (Å²) < 4.78 is 61.6. The number of amides is 2. The number of aromatic nitrogens is 1. The second-order valence-electron chi connectivity index (χ2n) is 11.3. The smallest absolute Gasteiger partial charge is 0.416 e. The molecule has 2 aromatic heterocycles. The molecule has 4 aromatic rings. The van der Waals surface area contributed by atoms with Crippen LogP contribution < -0.4 is 4.90 Å². The number of alkyl halides is 3. The second-order valence-corrected chi connectivity index (χ2v) is 11.8. The maximum atomic E-state index is 14.7. The number of fused-ring (bicyclic) bond motifs is 1. The van der Waals surface area contributed by atoms with Gasteiger partial charge in [-0.25, -0.2) is 4.39 Å². The van der Waals surface area contributed by atoms with Crippen molar-refractivity contribution in [3.63, 3.8) is 0 Å². The maximum Gasteiger partial charge on any atom is 0.416 e. The Bertz CT molecular complexity index is 1680. The van der Waals surface area contributed by atoms with Crippen LogP contribution in [0.2, 0.25) is 5.02 Å². The summed E-state index contributed by atoms with van der Waals surface area (Å²) in [5.74, 6) is -0.277. The van der Waals surface area contributed by atoms with Crippen molar-refractivity contribution in [2.24, 2.45) is 5.92 Å². The lowest BCUT2D eigenvalue weighted by Crippen LogP contribution is -2.52. The second kappa shape index (κ2) is 11.8. The lowest BCUT2D eigenvalue weighted by atomic mass is 9.94. The molecule has 2 fully saturated rings. The molecule has 44 heavy (non-hydrogen) atoms. The van der Waals surface area contributed by atoms with E-state index in [0.717, 1.165) is 12.1 Å². The number of carbonyl (C=O) groups excluding carboxylic acids is 2. The zero-order valence-corrected chi connectivity index (χ0v) is 24.8. The molecule has 2 saturated heterocycles. The van der Waals surface area contributed by atoms with Gasteiger partial charge in [-0.05, 0) is 50.1 Å². The van der Waals surface area contributed by atoms with Gasteiger partial charge in [-0.3, -0.25) is 9.59 Å². The standard InChI is InChI=1S/C32H31ClF4N4O3/c1-20-16-27-29(44-20)18-28(41(27)19-24-25(33)6-3-7-26(24)34)31(43)39-10-8-21(9-11-39)30(42)40-14-12-38(13-15-40)23-5-2-4-22(17-23)32(35,36)37/h2-7,16-18,21H,8-15,19H2,1H3. The number of hydrogen-bond acceptors (Lipinski definition) is 4. The summed E-state index contributed by atoms with van der Waals surface area (Å²) in [7, 11) is 0. The Hall–Kier alpha value is -3.99. The van der Waals surface area contributed by atoms with Crippen molar-refractivity contribution in [3.05, 3.63) is 88.0 Å². The molecule has 0 saturated carbocycles. The van der Waals surface area contributed by atoms with Crippen LogP contribution in [0.15, 0.2) is 59.0 Å². The third-order valence-electron chi connectivity index (χ3n) is 8.57. The van der Waals surface area contributed by atoms with Crippen LogP contribution in [0.1, 0.15) is 40.2 Å². The highest BCUT2D eigenvalue weighted by atomic mass is 35.5. The van der Waals surface area contributed by atoms with E-state index in [2.05, 4.69) is 0 Å². The summed E-state index contributed by atoms with van der Waals surface area (Å²) in [5, 5.41) is 0.264. The van der Waals surface area contributed by atoms with Crippen molar-refractivity contribution in [1.82, 2.24) is 14.4 Å². The van der Waals surface area contributed by atoms with Crippen molar-refractivity contribution in [1.29, 1.82) is 0 Å². The first-order valence-corrected chi connectivity index (χ1v) is 14.9. The van der Waals surface area contributed by atoms with Gasteiger partial charge in [0.05, 0.1) is 17.6 Å². The van der Waals surface area contributed by atoms with E-state index in [0.29, 0.717) is 80.4 Å². The Morgan fingerprint density at radius 1 is 0.932 bits per heavy atom. The Morgan fingerprint density at radius 2 is 1.64 bits per heavy atom. The third-order valence-corrected chi connectivity index (χ3v) is 8.93. The van der Waals surface area contributed by atoms with Crippen LogP contribution in [0, 0.1) is 18.7 Å². The van der Waals surface area contributed by atoms with Crippen LogP contribution in [0.3, 0.4) is 0 Å². The molecule has 4 heterocycles. The number of piperazine rings is 1. The van der Waals surface area contributed by atoms with Gasteiger partial charge in [0.1, 0.15) is 17.3 Å². The highest BCUT2D eigenvalue weighted by Gasteiger charge is 2.34. The molecular weight excluding hydrogens is 600 g/mol. The van der Waals surface area contributed by atoms with E-state index in [4.69, 9.17) is 16.0 Å². The number of carbonyl (C=O) groups is 2. The highest BCUT2D eigenvalue weighted by molar-refractivity contribution is 6.31. The van der Waals surface area contributed by atoms with Crippen LogP contribution >= 0.6 is 11.6 Å². The predicted octanol–water partition coefficient (Wildman–Crippen LogP) is 6.60. The molecule has 0 spiro atoms. The van der Waals surface area contributed by atoms with Gasteiger partial charge in [0.25, 0.3) is 5.91 Å². The largest absolute Gasteiger partial charge is 0.460 e. The van der Waals surface area contributed by atoms with E-state index in [1.165, 1.54) is 18.2 Å². The molecule has 0 atom stereocenters. The number of piperidine rings is 1. The normalized spacial score (nSPS) is 16.6. The topological polar surface area (TPSA) is 61.9 Å². The fourth-order valence-electron chi connectivity index (χ4n) is 6.17. The molecule has 0 unspecified atom stereocenters. The van der Waals surface area contributed by atoms with Crippen LogP contribution in [0.4, 0.5) is 23.2 Å². The zero-order chi connectivity index (χ0) is 31.2. The summed E-state index contributed by atoms with van der Waals surface area (Å²) >= 11 is 6.30. The summed E-state index contributed by atoms with van der Waals surface area (Å²) in [6.45, 7) is 4.32. The average Bonchev–Trinajstić information content (AvgIpc) is 3.54. The van der Waals surface area contributed by atoms with Crippen molar-refractivity contribution in [2.75, 3.05) is 44.2 Å². The Morgan fingerprint density at radius 3 is 2.32 bits per heavy atom. The minimum atomic E-state index is -4.41. The molecule has 7 nitrogen and oxygen atoms in total. The van der Waals surface area contributed by atoms with Gasteiger partial charge in [0.2, 0.25) is 5.91 Å². The summed E-state index contributed by atoms with van der Waals surface area (Å²) in [4.78, 5) is 32.4. The van der Waals surface area contributed by atoms with Gasteiger partial charge < -0.3 is 23.7 Å². The SMILES string of the molecule is Cc1cc2c(cc(C(=O)N3CCC(C(=O)N4CCN(c5cccc(C(F)(F)F)c5)CC4)CC3)n2Cc2c(F)cccc2Cl)o1. The number of benzene rings is 2. The van der Waals surface area contributed by atoms with Crippen LogP contribution in [-0.2, 0) is 17.5 Å². The van der Waals surface area contributed by atoms with E-state index in [9.17, 15) is 27.2 Å². The average molecular weight is 631 g/mol. The Kier molecular flexibility index (Phi) is 8.08. The molecule has 232 valence electrons. The number of halogens is 5. The number of rotatable bonds is 5. The van der Waals surface area contributed by atoms with E-state index in [1.807, 2.05) is 4.90 Å². The molecule has 6 rings (SSSR count). The van der Waals surface area contributed by atoms with Crippen molar-refractivity contribution in [3.8, 4) is 0 Å². The lowest BCUT2D eigenvalue weighted by Gasteiger charge is -2.39. The first kappa shape index (κ1) is 30.1. The zero-order valence-electron chi connectivity index (χ0n) is 24.0. The molecule has 0 N–H and O–H groups in total. The first-order valence-electron chi connectivity index (χ1n) is 14.5. The lowest BCUT2D eigenvalue weighted by molar-refractivity contribution is -0.138. The van der Waals surface area contributed by atoms with Crippen LogP contribution in [-0.4, -0.2) is 65.4 Å². The highest BCUT2D eigenvalue weighted by Crippen LogP contribution is 2.33. The number of hydrogen-bond donors (Lipinski definition) is 0. The molecular formula is C32H31ClF4N4O3. The summed E-state index contributed by atoms with van der Waals surface area (Å²) in [6, 6.07) is 13.2. The molecule has 0 aliphatic carbocycles. The van der Waals surface area contributed by atoms with Gasteiger partial charge in [-0.2, -0.15) is 13.2 Å². The van der Waals surface area contributed by atoms with Gasteiger partial charge >= 0.3 is 6.18 Å². The quantitative estimate of drug-likeness (QED) is 0.233. The molecule has 2 aliphatic rings. The summed E-state index contributed by atoms with van der Waals surface area (Å²) in [5.41, 5.74) is 1.61. The molecule has 2 amide bonds. The number of anilines is 1. The van der Waals surface area contributed by atoms with Crippen molar-refractivity contribution in [2.45, 2.75) is 32.5 Å². The number of aryl methyl sites for hydroxylation is 1. The monoisotopic (exact) mass is 630 g/mol. The fourth-order valence-corrected chi connectivity index (χ4v) is 6.39. The van der Waals surface area contributed by atoms with E-state index in [1.54, 1.807) is 45.6 Å². The minimum Gasteiger partial charge on any atom is -0.460 e. The fraction of sp³-hybridized carbons (Fsp3) is 0.375. The molecule has 0 radical (unpaired) electrons. The predicted molar refractivity (Wildman–Crippen MR) is 158 cm³/mol. The van der Waals surface area contributed by atoms with Crippen LogP contribution in [0.5, 0.6) is 0 Å². The summed E-state index contributed by atoms with van der Waals surface area (Å²) in [6.07, 6.45) is -3.42. The molecule has 12 heteroatoms. The van der Waals surface area contributed by atoms with Gasteiger partial charge in [-0.15, -0.1) is 0 Å². The molecule has 2 aromatic carbocycles. The number of likely N-dealkylation sites (tertiary alicyclic amines) is 1. The van der Waals surface area contributed by atoms with Gasteiger partial charge in [0, 0.05) is 73.6 Å². The molecule has 0 bridgehead atoms. The van der Waals surface area contributed by atoms with E-state index in [-0.39, 0.29) is 34.9 Å². The first-order chi connectivity index (χ1) is 21.0. The van der Waals surface area contributed by atoms with E-state index < -0.39 is 17.6 Å². The molecule has 2 aliphatic heterocycles. The third kappa shape index (κ3) is 5.89. The van der Waals surface area contributed by atoms with Gasteiger partial charge in [0.15, 0.2) is 5.58 Å². The van der Waals surface area contributed by atoms with Gasteiger partial charge in [-0.1, -0.05) is 23.7 Å².